The number of aromatic nitrogens is 3. The zero-order chi connectivity index (χ0) is 23.7. The van der Waals surface area contributed by atoms with Gasteiger partial charge in [-0.1, -0.05) is 0 Å². The molecule has 1 aliphatic heterocycles. The molecule has 0 saturated carbocycles. The van der Waals surface area contributed by atoms with Gasteiger partial charge in [-0.2, -0.15) is 0 Å². The molecule has 0 atom stereocenters. The maximum absolute atomic E-state index is 13.3. The number of nitrogens with zero attached hydrogens (tertiary/aromatic N) is 3. The largest absolute Gasteiger partial charge is 0.497 e. The summed E-state index contributed by atoms with van der Waals surface area (Å²) in [5.41, 5.74) is 2.39. The Bertz CT molecular complexity index is 1400. The summed E-state index contributed by atoms with van der Waals surface area (Å²) in [5, 5.41) is 0.874. The predicted molar refractivity (Wildman–Crippen MR) is 128 cm³/mol. The molecule has 0 bridgehead atoms. The second-order valence-electron chi connectivity index (χ2n) is 8.21. The smallest absolute Gasteiger partial charge is 0.240 e. The number of H-pyrrole nitrogens is 1. The molecule has 3 heterocycles. The number of piperidine rings is 1. The topological polar surface area (TPSA) is 100 Å². The number of fused-ring (bicyclic) bond motifs is 1. The Kier molecular flexibility index (Phi) is 5.93. The van der Waals surface area contributed by atoms with Crippen LogP contribution in [0, 0.1) is 5.82 Å². The van der Waals surface area contributed by atoms with Crippen LogP contribution in [0.2, 0.25) is 0 Å². The first-order valence-corrected chi connectivity index (χ1v) is 12.4. The number of aromatic amines is 1. The minimum Gasteiger partial charge on any atom is -0.497 e. The highest BCUT2D eigenvalue weighted by molar-refractivity contribution is 7.89. The Hall–Kier alpha value is -3.50. The molecule has 8 nitrogen and oxygen atoms in total. The maximum atomic E-state index is 13.3. The highest BCUT2D eigenvalue weighted by Gasteiger charge is 2.26. The molecule has 10 heteroatoms. The number of anilines is 1. The maximum Gasteiger partial charge on any atom is 0.240 e. The lowest BCUT2D eigenvalue weighted by Crippen LogP contribution is -2.44. The predicted octanol–water partition coefficient (Wildman–Crippen LogP) is 3.72. The van der Waals surface area contributed by atoms with E-state index >= 15 is 0 Å². The zero-order valence-corrected chi connectivity index (χ0v) is 19.3. The summed E-state index contributed by atoms with van der Waals surface area (Å²) in [6.07, 6.45) is 2.81. The Balaban J connectivity index is 1.29. The molecule has 0 amide bonds. The normalized spacial score (nSPS) is 15.1. The van der Waals surface area contributed by atoms with E-state index in [0.717, 1.165) is 22.5 Å². The van der Waals surface area contributed by atoms with Crippen molar-refractivity contribution in [1.82, 2.24) is 19.7 Å². The van der Waals surface area contributed by atoms with Gasteiger partial charge in [-0.25, -0.2) is 27.5 Å². The van der Waals surface area contributed by atoms with Crippen LogP contribution in [0.4, 0.5) is 10.2 Å². The lowest BCUT2D eigenvalue weighted by Gasteiger charge is -2.33. The van der Waals surface area contributed by atoms with Gasteiger partial charge in [-0.3, -0.25) is 0 Å². The third-order valence-corrected chi connectivity index (χ3v) is 7.58. The van der Waals surface area contributed by atoms with E-state index in [1.807, 2.05) is 6.07 Å². The number of nitrogens with one attached hydrogen (secondary N) is 2. The molecule has 2 N–H and O–H groups in total. The number of ether oxygens (including phenoxy) is 1. The van der Waals surface area contributed by atoms with Gasteiger partial charge < -0.3 is 14.6 Å². The summed E-state index contributed by atoms with van der Waals surface area (Å²) in [7, 11) is -2.07. The van der Waals surface area contributed by atoms with Gasteiger partial charge in [-0.05, 0) is 73.0 Å². The highest BCUT2D eigenvalue weighted by Crippen LogP contribution is 2.30. The minimum atomic E-state index is -3.61. The van der Waals surface area contributed by atoms with Crippen LogP contribution in [-0.2, 0) is 10.0 Å². The molecule has 0 radical (unpaired) electrons. The van der Waals surface area contributed by atoms with E-state index in [2.05, 4.69) is 24.6 Å². The number of hydrogen-bond acceptors (Lipinski definition) is 6. The van der Waals surface area contributed by atoms with Crippen LogP contribution < -0.4 is 14.4 Å². The monoisotopic (exact) mass is 481 g/mol. The van der Waals surface area contributed by atoms with Gasteiger partial charge in [0.15, 0.2) is 0 Å². The van der Waals surface area contributed by atoms with E-state index in [9.17, 15) is 12.8 Å². The van der Waals surface area contributed by atoms with Gasteiger partial charge >= 0.3 is 0 Å². The van der Waals surface area contributed by atoms with Crippen molar-refractivity contribution in [2.24, 2.45) is 0 Å². The quantitative estimate of drug-likeness (QED) is 0.435. The molecule has 2 aromatic heterocycles. The Morgan fingerprint density at radius 2 is 1.76 bits per heavy atom. The number of benzene rings is 2. The van der Waals surface area contributed by atoms with E-state index < -0.39 is 10.0 Å². The van der Waals surface area contributed by atoms with E-state index in [1.54, 1.807) is 36.4 Å². The first-order chi connectivity index (χ1) is 16.4. The summed E-state index contributed by atoms with van der Waals surface area (Å²) in [4.78, 5) is 14.5. The lowest BCUT2D eigenvalue weighted by molar-refractivity contribution is 0.414. The fourth-order valence-corrected chi connectivity index (χ4v) is 5.52. The number of rotatable bonds is 6. The first kappa shape index (κ1) is 22.3. The molecule has 2 aromatic carbocycles. The van der Waals surface area contributed by atoms with Crippen LogP contribution in [0.3, 0.4) is 0 Å². The molecule has 176 valence electrons. The summed E-state index contributed by atoms with van der Waals surface area (Å²) < 4.78 is 46.8. The average Bonchev–Trinajstić information content (AvgIpc) is 3.29. The van der Waals surface area contributed by atoms with Crippen LogP contribution in [0.15, 0.2) is 65.8 Å². The van der Waals surface area contributed by atoms with Crippen molar-refractivity contribution >= 4 is 26.9 Å². The second kappa shape index (κ2) is 9.03. The molecular formula is C24H24FN5O3S. The van der Waals surface area contributed by atoms with Crippen LogP contribution in [-0.4, -0.2) is 49.6 Å². The van der Waals surface area contributed by atoms with Crippen molar-refractivity contribution < 1.29 is 17.5 Å². The van der Waals surface area contributed by atoms with Gasteiger partial charge in [0.1, 0.15) is 29.4 Å². The van der Waals surface area contributed by atoms with Crippen LogP contribution in [0.1, 0.15) is 12.8 Å². The van der Waals surface area contributed by atoms with E-state index in [4.69, 9.17) is 4.74 Å². The van der Waals surface area contributed by atoms with Crippen molar-refractivity contribution in [3.8, 4) is 17.0 Å². The first-order valence-electron chi connectivity index (χ1n) is 10.9. The number of methoxy groups -OCH3 is 1. The Labute approximate surface area is 196 Å². The van der Waals surface area contributed by atoms with Gasteiger partial charge in [0, 0.05) is 24.8 Å². The molecular weight excluding hydrogens is 457 g/mol. The van der Waals surface area contributed by atoms with Crippen LogP contribution >= 0.6 is 0 Å². The molecule has 34 heavy (non-hydrogen) atoms. The molecule has 0 spiro atoms. The summed E-state index contributed by atoms with van der Waals surface area (Å²) >= 11 is 0. The lowest BCUT2D eigenvalue weighted by atomic mass is 10.1. The van der Waals surface area contributed by atoms with Crippen molar-refractivity contribution in [2.75, 3.05) is 25.1 Å². The van der Waals surface area contributed by atoms with Crippen molar-refractivity contribution in [3.05, 3.63) is 66.7 Å². The fraction of sp³-hybridized carbons (Fsp3) is 0.250. The molecule has 5 rings (SSSR count). The molecule has 0 aliphatic carbocycles. The van der Waals surface area contributed by atoms with Gasteiger partial charge in [0.2, 0.25) is 10.0 Å². The number of halogens is 1. The summed E-state index contributed by atoms with van der Waals surface area (Å²) in [5.74, 6) is 1.12. The van der Waals surface area contributed by atoms with E-state index in [-0.39, 0.29) is 16.8 Å². The van der Waals surface area contributed by atoms with Crippen LogP contribution in [0.25, 0.3) is 22.3 Å². The van der Waals surface area contributed by atoms with Gasteiger partial charge in [0.05, 0.1) is 17.4 Å². The number of sulfonamides is 1. The molecule has 0 unspecified atom stereocenters. The third-order valence-electron chi connectivity index (χ3n) is 6.05. The molecule has 1 aliphatic rings. The van der Waals surface area contributed by atoms with E-state index in [1.165, 1.54) is 25.6 Å². The van der Waals surface area contributed by atoms with Crippen molar-refractivity contribution in [2.45, 2.75) is 23.8 Å². The summed E-state index contributed by atoms with van der Waals surface area (Å²) in [6.45, 7) is 1.30. The van der Waals surface area contributed by atoms with Crippen molar-refractivity contribution in [3.63, 3.8) is 0 Å². The molecule has 1 saturated heterocycles. The SMILES string of the molecule is COc1ccc(S(=O)(=O)NC2CCN(c3ncnc4[nH]c(-c5ccc(F)cc5)cc34)CC2)cc1. The van der Waals surface area contributed by atoms with Crippen molar-refractivity contribution in [1.29, 1.82) is 0 Å². The Morgan fingerprint density at radius 1 is 1.06 bits per heavy atom. The van der Waals surface area contributed by atoms with Gasteiger partial charge in [-0.15, -0.1) is 0 Å². The number of hydrogen-bond donors (Lipinski definition) is 2. The Morgan fingerprint density at radius 3 is 2.44 bits per heavy atom. The molecule has 4 aromatic rings. The highest BCUT2D eigenvalue weighted by atomic mass is 32.2. The average molecular weight is 482 g/mol. The minimum absolute atomic E-state index is 0.165. The van der Waals surface area contributed by atoms with Crippen LogP contribution in [0.5, 0.6) is 5.75 Å². The van der Waals surface area contributed by atoms with Gasteiger partial charge in [0.25, 0.3) is 0 Å². The third kappa shape index (κ3) is 4.46. The molecule has 1 fully saturated rings. The van der Waals surface area contributed by atoms with E-state index in [0.29, 0.717) is 37.3 Å². The zero-order valence-electron chi connectivity index (χ0n) is 18.5. The standard InChI is InChI=1S/C24H24FN5O3S/c1-33-19-6-8-20(9-7-19)34(31,32)29-18-10-12-30(13-11-18)24-21-14-22(28-23(21)26-15-27-24)16-2-4-17(25)5-3-16/h2-9,14-15,18,29H,10-13H2,1H3,(H,26,27,28). The second-order valence-corrected chi connectivity index (χ2v) is 9.92. The summed E-state index contributed by atoms with van der Waals surface area (Å²) in [6, 6.07) is 14.4. The fourth-order valence-electron chi connectivity index (χ4n) is 4.22.